The Labute approximate surface area is 174 Å². The van der Waals surface area contributed by atoms with E-state index in [1.807, 2.05) is 6.07 Å². The molecule has 1 unspecified atom stereocenters. The molecule has 0 saturated heterocycles. The first kappa shape index (κ1) is 21.4. The van der Waals surface area contributed by atoms with Gasteiger partial charge in [-0.3, -0.25) is 4.79 Å². The van der Waals surface area contributed by atoms with Gasteiger partial charge in [0.05, 0.1) is 17.9 Å². The first-order valence-corrected chi connectivity index (χ1v) is 10.8. The fourth-order valence-electron chi connectivity index (χ4n) is 3.18. The summed E-state index contributed by atoms with van der Waals surface area (Å²) >= 11 is 0. The van der Waals surface area contributed by atoms with Crippen LogP contribution in [0.25, 0.3) is 0 Å². The van der Waals surface area contributed by atoms with E-state index in [2.05, 4.69) is 11.6 Å². The molecule has 154 valence electrons. The summed E-state index contributed by atoms with van der Waals surface area (Å²) in [6, 6.07) is 10.4. The van der Waals surface area contributed by atoms with E-state index in [1.54, 1.807) is 42.3 Å². The summed E-state index contributed by atoms with van der Waals surface area (Å²) in [7, 11) is -0.790. The number of carbonyl (C=O) groups is 1. The molecule has 2 aromatic carbocycles. The lowest BCUT2D eigenvalue weighted by molar-refractivity contribution is -0.129. The van der Waals surface area contributed by atoms with Gasteiger partial charge in [0, 0.05) is 25.0 Å². The molecule has 0 saturated carbocycles. The highest BCUT2D eigenvalue weighted by molar-refractivity contribution is 7.86. The summed E-state index contributed by atoms with van der Waals surface area (Å²) < 4.78 is 21.1. The third-order valence-electron chi connectivity index (χ3n) is 4.92. The number of nitrogens with two attached hydrogens (primary N) is 1. The van der Waals surface area contributed by atoms with Crippen LogP contribution >= 0.6 is 0 Å². The molecule has 29 heavy (non-hydrogen) atoms. The average molecular weight is 415 g/mol. The van der Waals surface area contributed by atoms with E-state index in [1.165, 1.54) is 0 Å². The SMILES string of the molecule is CCCCN(C)C(=O)Cc1cc(N)ccc1S(=O)Nc1ccc2c(c1)B(O)OC2. The number of nitrogen functional groups attached to an aromatic ring is 1. The summed E-state index contributed by atoms with van der Waals surface area (Å²) in [4.78, 5) is 14.7. The van der Waals surface area contributed by atoms with E-state index < -0.39 is 18.1 Å². The minimum absolute atomic E-state index is 0.0416. The zero-order valence-electron chi connectivity index (χ0n) is 16.7. The number of likely N-dealkylation sites (N-methyl/N-ethyl adjacent to an activating group) is 1. The number of hydrogen-bond donors (Lipinski definition) is 3. The Balaban J connectivity index is 1.77. The molecule has 0 fully saturated rings. The molecule has 3 rings (SSSR count). The van der Waals surface area contributed by atoms with Crippen molar-refractivity contribution in [2.75, 3.05) is 24.0 Å². The summed E-state index contributed by atoms with van der Waals surface area (Å²) in [5.41, 5.74) is 9.22. The van der Waals surface area contributed by atoms with E-state index in [4.69, 9.17) is 10.4 Å². The van der Waals surface area contributed by atoms with Crippen molar-refractivity contribution in [3.05, 3.63) is 47.5 Å². The van der Waals surface area contributed by atoms with Crippen LogP contribution in [-0.2, 0) is 33.5 Å². The van der Waals surface area contributed by atoms with Crippen molar-refractivity contribution < 1.29 is 18.7 Å². The van der Waals surface area contributed by atoms with Crippen molar-refractivity contribution in [3.8, 4) is 0 Å². The Morgan fingerprint density at radius 2 is 2.14 bits per heavy atom. The van der Waals surface area contributed by atoms with Gasteiger partial charge in [-0.25, -0.2) is 4.21 Å². The van der Waals surface area contributed by atoms with Gasteiger partial charge in [-0.2, -0.15) is 0 Å². The maximum absolute atomic E-state index is 13.0. The van der Waals surface area contributed by atoms with Gasteiger partial charge in [-0.1, -0.05) is 19.4 Å². The van der Waals surface area contributed by atoms with Crippen molar-refractivity contribution >= 4 is 40.8 Å². The predicted molar refractivity (Wildman–Crippen MR) is 116 cm³/mol. The van der Waals surface area contributed by atoms with E-state index in [0.717, 1.165) is 18.4 Å². The molecule has 0 radical (unpaired) electrons. The molecule has 1 amide bonds. The lowest BCUT2D eigenvalue weighted by atomic mass is 9.79. The monoisotopic (exact) mass is 415 g/mol. The van der Waals surface area contributed by atoms with Gasteiger partial charge in [0.25, 0.3) is 0 Å². The van der Waals surface area contributed by atoms with Crippen molar-refractivity contribution in [2.24, 2.45) is 0 Å². The standard InChI is InChI=1S/C20H26BN3O4S/c1-3-4-9-24(2)20(25)11-15-10-16(22)6-8-19(15)29(27)23-17-7-5-14-13-28-21(26)18(14)12-17/h5-8,10,12,23,26H,3-4,9,11,13,22H2,1-2H3. The first-order valence-electron chi connectivity index (χ1n) is 9.62. The first-order chi connectivity index (χ1) is 13.9. The zero-order valence-corrected chi connectivity index (χ0v) is 17.5. The van der Waals surface area contributed by atoms with Crippen LogP contribution in [0.4, 0.5) is 11.4 Å². The summed E-state index contributed by atoms with van der Waals surface area (Å²) in [6.07, 6.45) is 2.08. The molecule has 0 aromatic heterocycles. The summed E-state index contributed by atoms with van der Waals surface area (Å²) in [6.45, 7) is 3.12. The van der Waals surface area contributed by atoms with Crippen LogP contribution in [0.5, 0.6) is 0 Å². The number of nitrogens with one attached hydrogen (secondary N) is 1. The van der Waals surface area contributed by atoms with Crippen LogP contribution in [0, 0.1) is 0 Å². The molecule has 4 N–H and O–H groups in total. The number of unbranched alkanes of at least 4 members (excludes halogenated alkanes) is 1. The van der Waals surface area contributed by atoms with Gasteiger partial charge in [0.15, 0.2) is 11.0 Å². The van der Waals surface area contributed by atoms with Crippen LogP contribution in [0.1, 0.15) is 30.9 Å². The van der Waals surface area contributed by atoms with Gasteiger partial charge in [-0.15, -0.1) is 0 Å². The quantitative estimate of drug-likeness (QED) is 0.447. The Morgan fingerprint density at radius 1 is 1.34 bits per heavy atom. The topological polar surface area (TPSA) is 105 Å². The normalized spacial score (nSPS) is 13.8. The number of benzene rings is 2. The minimum atomic E-state index is -1.60. The Morgan fingerprint density at radius 3 is 2.90 bits per heavy atom. The molecular weight excluding hydrogens is 389 g/mol. The van der Waals surface area contributed by atoms with E-state index in [9.17, 15) is 14.0 Å². The highest BCUT2D eigenvalue weighted by Gasteiger charge is 2.27. The maximum Gasteiger partial charge on any atom is 0.491 e. The molecule has 1 aliphatic rings. The van der Waals surface area contributed by atoms with Gasteiger partial charge in [0.1, 0.15) is 0 Å². The summed E-state index contributed by atoms with van der Waals surface area (Å²) in [5.74, 6) is -0.0416. The Kier molecular flexibility index (Phi) is 6.94. The maximum atomic E-state index is 13.0. The Hall–Kier alpha value is -2.36. The molecule has 0 bridgehead atoms. The van der Waals surface area contributed by atoms with Gasteiger partial charge < -0.3 is 25.0 Å². The van der Waals surface area contributed by atoms with Crippen LogP contribution in [0.3, 0.4) is 0 Å². The van der Waals surface area contributed by atoms with Gasteiger partial charge in [0.2, 0.25) is 5.91 Å². The smallest absolute Gasteiger partial charge is 0.423 e. The number of fused-ring (bicyclic) bond motifs is 1. The number of anilines is 2. The molecular formula is C20H26BN3O4S. The van der Waals surface area contributed by atoms with Crippen molar-refractivity contribution in [1.82, 2.24) is 4.90 Å². The average Bonchev–Trinajstić information content (AvgIpc) is 3.06. The molecule has 0 aliphatic carbocycles. The molecule has 7 nitrogen and oxygen atoms in total. The largest absolute Gasteiger partial charge is 0.491 e. The van der Waals surface area contributed by atoms with Crippen molar-refractivity contribution in [3.63, 3.8) is 0 Å². The third-order valence-corrected chi connectivity index (χ3v) is 6.14. The molecule has 1 heterocycles. The highest BCUT2D eigenvalue weighted by atomic mass is 32.2. The second kappa shape index (κ2) is 9.43. The fourth-order valence-corrected chi connectivity index (χ4v) is 4.19. The van der Waals surface area contributed by atoms with Crippen molar-refractivity contribution in [1.29, 1.82) is 0 Å². The van der Waals surface area contributed by atoms with Crippen molar-refractivity contribution in [2.45, 2.75) is 37.7 Å². The molecule has 2 aromatic rings. The molecule has 9 heteroatoms. The number of hydrogen-bond acceptors (Lipinski definition) is 5. The van der Waals surface area contributed by atoms with Gasteiger partial charge >= 0.3 is 7.12 Å². The zero-order chi connectivity index (χ0) is 21.0. The number of carbonyl (C=O) groups excluding carboxylic acids is 1. The summed E-state index contributed by atoms with van der Waals surface area (Å²) in [5, 5.41) is 9.86. The third kappa shape index (κ3) is 5.17. The van der Waals surface area contributed by atoms with E-state index >= 15 is 0 Å². The lowest BCUT2D eigenvalue weighted by Crippen LogP contribution is -2.29. The lowest BCUT2D eigenvalue weighted by Gasteiger charge is -2.18. The van der Waals surface area contributed by atoms with Crippen LogP contribution in [0.15, 0.2) is 41.3 Å². The molecule has 0 spiro atoms. The van der Waals surface area contributed by atoms with Gasteiger partial charge in [-0.05, 0) is 53.3 Å². The number of amides is 1. The minimum Gasteiger partial charge on any atom is -0.423 e. The van der Waals surface area contributed by atoms with Crippen LogP contribution in [-0.4, -0.2) is 40.8 Å². The van der Waals surface area contributed by atoms with E-state index in [-0.39, 0.29) is 12.3 Å². The predicted octanol–water partition coefficient (Wildman–Crippen LogP) is 1.42. The number of nitrogens with zero attached hydrogens (tertiary/aromatic N) is 1. The number of rotatable bonds is 8. The molecule has 1 atom stereocenters. The van der Waals surface area contributed by atoms with E-state index in [0.29, 0.717) is 40.4 Å². The van der Waals surface area contributed by atoms with Crippen LogP contribution < -0.4 is 15.9 Å². The second-order valence-corrected chi connectivity index (χ2v) is 8.34. The second-order valence-electron chi connectivity index (χ2n) is 7.16. The molecule has 1 aliphatic heterocycles. The Bertz CT molecular complexity index is 925. The highest BCUT2D eigenvalue weighted by Crippen LogP contribution is 2.22. The van der Waals surface area contributed by atoms with Crippen LogP contribution in [0.2, 0.25) is 0 Å². The fraction of sp³-hybridized carbons (Fsp3) is 0.350.